The Morgan fingerprint density at radius 3 is 2.81 bits per heavy atom. The third-order valence-corrected chi connectivity index (χ3v) is 6.46. The molecule has 27 heavy (non-hydrogen) atoms. The van der Waals surface area contributed by atoms with Crippen molar-refractivity contribution >= 4 is 28.3 Å². The van der Waals surface area contributed by atoms with E-state index in [1.54, 1.807) is 0 Å². The van der Waals surface area contributed by atoms with Gasteiger partial charge in [0, 0.05) is 30.0 Å². The molecule has 2 fully saturated rings. The van der Waals surface area contributed by atoms with Crippen LogP contribution in [0.2, 0.25) is 0 Å². The van der Waals surface area contributed by atoms with E-state index in [0.717, 1.165) is 29.7 Å². The van der Waals surface area contributed by atoms with E-state index < -0.39 is 0 Å². The van der Waals surface area contributed by atoms with Crippen molar-refractivity contribution in [3.8, 4) is 11.3 Å². The lowest BCUT2D eigenvalue weighted by Gasteiger charge is -2.23. The number of nitrogens with one attached hydrogen (secondary N) is 1. The van der Waals surface area contributed by atoms with Gasteiger partial charge in [-0.05, 0) is 38.3 Å². The van der Waals surface area contributed by atoms with Gasteiger partial charge in [0.25, 0.3) is 0 Å². The maximum Gasteiger partial charge on any atom is 0.231 e. The third kappa shape index (κ3) is 3.76. The molecule has 5 nitrogen and oxygen atoms in total. The molecule has 6 heteroatoms. The van der Waals surface area contributed by atoms with Crippen molar-refractivity contribution < 1.29 is 9.59 Å². The second-order valence-corrected chi connectivity index (χ2v) is 8.59. The maximum absolute atomic E-state index is 12.7. The van der Waals surface area contributed by atoms with Gasteiger partial charge in [0.05, 0.1) is 11.6 Å². The average molecular weight is 384 g/mol. The second kappa shape index (κ2) is 7.43. The van der Waals surface area contributed by atoms with E-state index in [1.807, 2.05) is 10.3 Å². The van der Waals surface area contributed by atoms with Gasteiger partial charge in [0.1, 0.15) is 0 Å². The van der Waals surface area contributed by atoms with Crippen LogP contribution in [0.4, 0.5) is 5.13 Å². The first-order valence-corrected chi connectivity index (χ1v) is 10.5. The molecule has 1 aliphatic heterocycles. The molecule has 2 heterocycles. The molecule has 1 aromatic heterocycles. The summed E-state index contributed by atoms with van der Waals surface area (Å²) in [5.41, 5.74) is 4.32. The van der Waals surface area contributed by atoms with Gasteiger partial charge in [0.15, 0.2) is 5.13 Å². The van der Waals surface area contributed by atoms with Gasteiger partial charge in [0.2, 0.25) is 11.8 Å². The standard InChI is InChI=1S/C21H25N3O2S/c1-13-7-8-14(2)17(9-13)18-12-27-21(22-18)23-20(26)15-10-19(25)24(11-15)16-5-3-4-6-16/h7-9,12,15-16H,3-6,10-11H2,1-2H3,(H,22,23,26)/t15-/m1/s1. The van der Waals surface area contributed by atoms with Crippen LogP contribution < -0.4 is 5.32 Å². The van der Waals surface area contributed by atoms with E-state index in [0.29, 0.717) is 24.1 Å². The Bertz CT molecular complexity index is 870. The first-order valence-electron chi connectivity index (χ1n) is 9.65. The molecule has 1 atom stereocenters. The van der Waals surface area contributed by atoms with Crippen molar-refractivity contribution in [2.24, 2.45) is 5.92 Å². The quantitative estimate of drug-likeness (QED) is 0.862. The van der Waals surface area contributed by atoms with E-state index in [-0.39, 0.29) is 17.7 Å². The number of likely N-dealkylation sites (tertiary alicyclic amines) is 1. The molecule has 0 radical (unpaired) electrons. The van der Waals surface area contributed by atoms with Crippen LogP contribution in [-0.2, 0) is 9.59 Å². The van der Waals surface area contributed by atoms with Gasteiger partial charge in [-0.15, -0.1) is 11.3 Å². The number of rotatable bonds is 4. The first-order chi connectivity index (χ1) is 13.0. The van der Waals surface area contributed by atoms with Crippen molar-refractivity contribution in [2.75, 3.05) is 11.9 Å². The van der Waals surface area contributed by atoms with E-state index in [1.165, 1.54) is 29.7 Å². The highest BCUT2D eigenvalue weighted by Crippen LogP contribution is 2.31. The normalized spacial score (nSPS) is 20.4. The number of thiazole rings is 1. The van der Waals surface area contributed by atoms with Gasteiger partial charge < -0.3 is 10.2 Å². The Kier molecular flexibility index (Phi) is 5.00. The number of nitrogens with zero attached hydrogens (tertiary/aromatic N) is 2. The molecule has 1 saturated carbocycles. The van der Waals surface area contributed by atoms with E-state index in [9.17, 15) is 9.59 Å². The molecule has 0 spiro atoms. The fraction of sp³-hybridized carbons (Fsp3) is 0.476. The smallest absolute Gasteiger partial charge is 0.231 e. The minimum absolute atomic E-state index is 0.0919. The SMILES string of the molecule is Cc1ccc(C)c(-c2csc(NC(=O)[C@@H]3CC(=O)N(C4CCCC4)C3)n2)c1. The molecular weight excluding hydrogens is 358 g/mol. The molecule has 0 bridgehead atoms. The fourth-order valence-corrected chi connectivity index (χ4v) is 4.86. The minimum atomic E-state index is -0.272. The zero-order valence-electron chi connectivity index (χ0n) is 15.8. The largest absolute Gasteiger partial charge is 0.339 e. The molecule has 4 rings (SSSR count). The number of hydrogen-bond acceptors (Lipinski definition) is 4. The summed E-state index contributed by atoms with van der Waals surface area (Å²) in [6.45, 7) is 4.67. The van der Waals surface area contributed by atoms with Crippen LogP contribution in [-0.4, -0.2) is 34.3 Å². The van der Waals surface area contributed by atoms with Crippen LogP contribution in [0.1, 0.15) is 43.2 Å². The third-order valence-electron chi connectivity index (χ3n) is 5.70. The van der Waals surface area contributed by atoms with Crippen molar-refractivity contribution in [2.45, 2.75) is 52.0 Å². The summed E-state index contributed by atoms with van der Waals surface area (Å²) < 4.78 is 0. The van der Waals surface area contributed by atoms with Crippen molar-refractivity contribution in [3.63, 3.8) is 0 Å². The van der Waals surface area contributed by atoms with E-state index >= 15 is 0 Å². The highest BCUT2D eigenvalue weighted by molar-refractivity contribution is 7.14. The highest BCUT2D eigenvalue weighted by atomic mass is 32.1. The minimum Gasteiger partial charge on any atom is -0.339 e. The van der Waals surface area contributed by atoms with Crippen LogP contribution in [0.25, 0.3) is 11.3 Å². The molecule has 142 valence electrons. The Balaban J connectivity index is 1.42. The van der Waals surface area contributed by atoms with Crippen LogP contribution in [0.5, 0.6) is 0 Å². The molecule has 1 N–H and O–H groups in total. The predicted molar refractivity (Wildman–Crippen MR) is 108 cm³/mol. The number of amides is 2. The fourth-order valence-electron chi connectivity index (χ4n) is 4.15. The molecule has 2 aromatic rings. The van der Waals surface area contributed by atoms with Crippen LogP contribution >= 0.6 is 11.3 Å². The molecule has 2 amide bonds. The van der Waals surface area contributed by atoms with Crippen molar-refractivity contribution in [1.29, 1.82) is 0 Å². The summed E-state index contributed by atoms with van der Waals surface area (Å²) in [5, 5.41) is 5.50. The lowest BCUT2D eigenvalue weighted by atomic mass is 10.0. The van der Waals surface area contributed by atoms with Crippen LogP contribution in [0, 0.1) is 19.8 Å². The number of anilines is 1. The Labute approximate surface area is 163 Å². The molecule has 1 saturated heterocycles. The Morgan fingerprint density at radius 2 is 2.04 bits per heavy atom. The number of carbonyl (C=O) groups is 2. The van der Waals surface area contributed by atoms with Crippen LogP contribution in [0.3, 0.4) is 0 Å². The number of benzene rings is 1. The predicted octanol–water partition coefficient (Wildman–Crippen LogP) is 4.16. The van der Waals surface area contributed by atoms with Gasteiger partial charge >= 0.3 is 0 Å². The van der Waals surface area contributed by atoms with Crippen molar-refractivity contribution in [1.82, 2.24) is 9.88 Å². The monoisotopic (exact) mass is 383 g/mol. The number of aryl methyl sites for hydroxylation is 2. The summed E-state index contributed by atoms with van der Waals surface area (Å²) in [4.78, 5) is 31.5. The molecule has 1 aromatic carbocycles. The zero-order chi connectivity index (χ0) is 19.0. The molecular formula is C21H25N3O2S. The number of aromatic nitrogens is 1. The first kappa shape index (κ1) is 18.2. The van der Waals surface area contributed by atoms with Gasteiger partial charge in [-0.3, -0.25) is 9.59 Å². The molecule has 2 aliphatic rings. The Hall–Kier alpha value is -2.21. The number of hydrogen-bond donors (Lipinski definition) is 1. The summed E-state index contributed by atoms with van der Waals surface area (Å²) in [6, 6.07) is 6.63. The van der Waals surface area contributed by atoms with Crippen molar-refractivity contribution in [3.05, 3.63) is 34.7 Å². The zero-order valence-corrected chi connectivity index (χ0v) is 16.6. The topological polar surface area (TPSA) is 62.3 Å². The van der Waals surface area contributed by atoms with Gasteiger partial charge in [-0.1, -0.05) is 30.5 Å². The summed E-state index contributed by atoms with van der Waals surface area (Å²) in [7, 11) is 0. The number of carbonyl (C=O) groups excluding carboxylic acids is 2. The van der Waals surface area contributed by atoms with Crippen LogP contribution in [0.15, 0.2) is 23.6 Å². The van der Waals surface area contributed by atoms with Gasteiger partial charge in [-0.2, -0.15) is 0 Å². The average Bonchev–Trinajstić information content (AvgIpc) is 3.37. The molecule has 0 unspecified atom stereocenters. The highest BCUT2D eigenvalue weighted by Gasteiger charge is 2.38. The second-order valence-electron chi connectivity index (χ2n) is 7.73. The van der Waals surface area contributed by atoms with Gasteiger partial charge in [-0.25, -0.2) is 4.98 Å². The Morgan fingerprint density at radius 1 is 1.26 bits per heavy atom. The summed E-state index contributed by atoms with van der Waals surface area (Å²) in [5.74, 6) is -0.242. The molecule has 1 aliphatic carbocycles. The summed E-state index contributed by atoms with van der Waals surface area (Å²) >= 11 is 1.43. The van der Waals surface area contributed by atoms with E-state index in [2.05, 4.69) is 42.3 Å². The van der Waals surface area contributed by atoms with E-state index in [4.69, 9.17) is 0 Å². The lowest BCUT2D eigenvalue weighted by Crippen LogP contribution is -2.35. The maximum atomic E-state index is 12.7. The lowest BCUT2D eigenvalue weighted by molar-refractivity contribution is -0.129. The summed E-state index contributed by atoms with van der Waals surface area (Å²) in [6.07, 6.45) is 4.84.